The molecule has 0 aliphatic heterocycles. The SMILES string of the molecule is COc1ncccc1CNC(C)CN(C)C. The molecule has 0 aromatic carbocycles. The maximum absolute atomic E-state index is 5.20. The van der Waals surface area contributed by atoms with Crippen molar-refractivity contribution >= 4 is 0 Å². The minimum Gasteiger partial charge on any atom is -0.481 e. The Labute approximate surface area is 97.6 Å². The van der Waals surface area contributed by atoms with E-state index in [1.165, 1.54) is 0 Å². The number of hydrogen-bond acceptors (Lipinski definition) is 4. The van der Waals surface area contributed by atoms with Crippen LogP contribution in [0.4, 0.5) is 0 Å². The Morgan fingerprint density at radius 1 is 1.50 bits per heavy atom. The molecule has 1 atom stereocenters. The number of ether oxygens (including phenoxy) is 1. The maximum atomic E-state index is 5.20. The monoisotopic (exact) mass is 223 g/mol. The smallest absolute Gasteiger partial charge is 0.217 e. The predicted molar refractivity (Wildman–Crippen MR) is 65.6 cm³/mol. The molecule has 90 valence electrons. The van der Waals surface area contributed by atoms with E-state index in [0.717, 1.165) is 18.7 Å². The zero-order valence-electron chi connectivity index (χ0n) is 10.5. The minimum absolute atomic E-state index is 0.444. The molecule has 0 bridgehead atoms. The number of nitrogens with zero attached hydrogens (tertiary/aromatic N) is 2. The Kier molecular flexibility index (Phi) is 5.22. The standard InChI is InChI=1S/C12H21N3O/c1-10(9-15(2)3)14-8-11-6-5-7-13-12(11)16-4/h5-7,10,14H,8-9H2,1-4H3. The van der Waals surface area contributed by atoms with Crippen LogP contribution in [0.15, 0.2) is 18.3 Å². The van der Waals surface area contributed by atoms with Crippen LogP contribution in [-0.4, -0.2) is 43.7 Å². The van der Waals surface area contributed by atoms with Gasteiger partial charge in [-0.2, -0.15) is 0 Å². The molecule has 0 amide bonds. The molecule has 0 radical (unpaired) electrons. The lowest BCUT2D eigenvalue weighted by atomic mass is 10.2. The van der Waals surface area contributed by atoms with Crippen molar-refractivity contribution in [2.24, 2.45) is 0 Å². The van der Waals surface area contributed by atoms with Gasteiger partial charge in [0.2, 0.25) is 5.88 Å². The van der Waals surface area contributed by atoms with Crippen molar-refractivity contribution in [3.8, 4) is 5.88 Å². The van der Waals surface area contributed by atoms with Gasteiger partial charge in [0.05, 0.1) is 7.11 Å². The average Bonchev–Trinajstić information content (AvgIpc) is 2.26. The Bertz CT molecular complexity index is 315. The normalized spacial score (nSPS) is 12.8. The first-order chi connectivity index (χ1) is 7.63. The molecule has 0 fully saturated rings. The van der Waals surface area contributed by atoms with E-state index in [2.05, 4.69) is 36.2 Å². The third-order valence-corrected chi connectivity index (χ3v) is 2.32. The van der Waals surface area contributed by atoms with Crippen molar-refractivity contribution < 1.29 is 4.74 Å². The highest BCUT2D eigenvalue weighted by molar-refractivity contribution is 5.25. The summed E-state index contributed by atoms with van der Waals surface area (Å²) in [5.41, 5.74) is 1.09. The highest BCUT2D eigenvalue weighted by Gasteiger charge is 2.06. The summed E-state index contributed by atoms with van der Waals surface area (Å²) in [6, 6.07) is 4.40. The number of hydrogen-bond donors (Lipinski definition) is 1. The Hall–Kier alpha value is -1.13. The Morgan fingerprint density at radius 2 is 2.25 bits per heavy atom. The zero-order chi connectivity index (χ0) is 12.0. The molecule has 1 unspecified atom stereocenters. The first kappa shape index (κ1) is 12.9. The lowest BCUT2D eigenvalue weighted by Crippen LogP contribution is -2.35. The molecule has 1 aromatic rings. The zero-order valence-corrected chi connectivity index (χ0v) is 10.5. The van der Waals surface area contributed by atoms with Gasteiger partial charge in [-0.1, -0.05) is 6.07 Å². The highest BCUT2D eigenvalue weighted by atomic mass is 16.5. The van der Waals surface area contributed by atoms with Gasteiger partial charge in [-0.3, -0.25) is 0 Å². The van der Waals surface area contributed by atoms with Crippen LogP contribution >= 0.6 is 0 Å². The van der Waals surface area contributed by atoms with Gasteiger partial charge in [-0.25, -0.2) is 4.98 Å². The number of likely N-dealkylation sites (N-methyl/N-ethyl adjacent to an activating group) is 1. The van der Waals surface area contributed by atoms with Crippen molar-refractivity contribution in [2.45, 2.75) is 19.5 Å². The number of nitrogens with one attached hydrogen (secondary N) is 1. The lowest BCUT2D eigenvalue weighted by molar-refractivity contribution is 0.345. The number of aromatic nitrogens is 1. The number of rotatable bonds is 6. The second-order valence-electron chi connectivity index (χ2n) is 4.22. The van der Waals surface area contributed by atoms with Gasteiger partial charge in [-0.05, 0) is 27.1 Å². The molecule has 16 heavy (non-hydrogen) atoms. The van der Waals surface area contributed by atoms with Gasteiger partial charge < -0.3 is 15.0 Å². The van der Waals surface area contributed by atoms with Gasteiger partial charge in [0.25, 0.3) is 0 Å². The summed E-state index contributed by atoms with van der Waals surface area (Å²) in [5, 5.41) is 3.44. The van der Waals surface area contributed by atoms with Gasteiger partial charge in [0, 0.05) is 30.9 Å². The van der Waals surface area contributed by atoms with Crippen LogP contribution in [0.25, 0.3) is 0 Å². The summed E-state index contributed by atoms with van der Waals surface area (Å²) in [4.78, 5) is 6.33. The molecule has 1 N–H and O–H groups in total. The Balaban J connectivity index is 2.47. The molecule has 1 heterocycles. The first-order valence-corrected chi connectivity index (χ1v) is 5.49. The van der Waals surface area contributed by atoms with Crippen molar-refractivity contribution in [3.05, 3.63) is 23.9 Å². The molecule has 0 aliphatic carbocycles. The average molecular weight is 223 g/mol. The fourth-order valence-corrected chi connectivity index (χ4v) is 1.64. The van der Waals surface area contributed by atoms with Crippen LogP contribution in [0, 0.1) is 0 Å². The molecule has 0 saturated heterocycles. The van der Waals surface area contributed by atoms with E-state index in [-0.39, 0.29) is 0 Å². The molecular weight excluding hydrogens is 202 g/mol. The fraction of sp³-hybridized carbons (Fsp3) is 0.583. The van der Waals surface area contributed by atoms with Crippen LogP contribution in [0.1, 0.15) is 12.5 Å². The summed E-state index contributed by atoms with van der Waals surface area (Å²) in [7, 11) is 5.79. The van der Waals surface area contributed by atoms with Crippen LogP contribution in [-0.2, 0) is 6.54 Å². The van der Waals surface area contributed by atoms with Crippen LogP contribution in [0.2, 0.25) is 0 Å². The van der Waals surface area contributed by atoms with Crippen molar-refractivity contribution in [3.63, 3.8) is 0 Å². The van der Waals surface area contributed by atoms with Crippen LogP contribution < -0.4 is 10.1 Å². The molecule has 4 nitrogen and oxygen atoms in total. The summed E-state index contributed by atoms with van der Waals surface area (Å²) < 4.78 is 5.20. The van der Waals surface area contributed by atoms with Gasteiger partial charge >= 0.3 is 0 Å². The second kappa shape index (κ2) is 6.45. The van der Waals surface area contributed by atoms with Gasteiger partial charge in [0.15, 0.2) is 0 Å². The fourth-order valence-electron chi connectivity index (χ4n) is 1.64. The molecule has 1 aromatic heterocycles. The van der Waals surface area contributed by atoms with Crippen LogP contribution in [0.5, 0.6) is 5.88 Å². The molecule has 1 rings (SSSR count). The van der Waals surface area contributed by atoms with Crippen LogP contribution in [0.3, 0.4) is 0 Å². The molecule has 0 aliphatic rings. The van der Waals surface area contributed by atoms with E-state index in [1.807, 2.05) is 12.1 Å². The third-order valence-electron chi connectivity index (χ3n) is 2.32. The van der Waals surface area contributed by atoms with E-state index in [1.54, 1.807) is 13.3 Å². The van der Waals surface area contributed by atoms with E-state index in [4.69, 9.17) is 4.74 Å². The Morgan fingerprint density at radius 3 is 2.88 bits per heavy atom. The molecule has 4 heteroatoms. The summed E-state index contributed by atoms with van der Waals surface area (Å²) >= 11 is 0. The number of pyridine rings is 1. The lowest BCUT2D eigenvalue weighted by Gasteiger charge is -2.18. The topological polar surface area (TPSA) is 37.4 Å². The molecule has 0 saturated carbocycles. The van der Waals surface area contributed by atoms with E-state index < -0.39 is 0 Å². The van der Waals surface area contributed by atoms with E-state index in [0.29, 0.717) is 11.9 Å². The minimum atomic E-state index is 0.444. The predicted octanol–water partition coefficient (Wildman–Crippen LogP) is 1.13. The second-order valence-corrected chi connectivity index (χ2v) is 4.22. The third kappa shape index (κ3) is 4.16. The summed E-state index contributed by atoms with van der Waals surface area (Å²) in [6.45, 7) is 3.97. The largest absolute Gasteiger partial charge is 0.481 e. The highest BCUT2D eigenvalue weighted by Crippen LogP contribution is 2.12. The summed E-state index contributed by atoms with van der Waals surface area (Å²) in [6.07, 6.45) is 1.74. The number of methoxy groups -OCH3 is 1. The van der Waals surface area contributed by atoms with E-state index in [9.17, 15) is 0 Å². The quantitative estimate of drug-likeness (QED) is 0.784. The van der Waals surface area contributed by atoms with Crippen molar-refractivity contribution in [1.82, 2.24) is 15.2 Å². The van der Waals surface area contributed by atoms with Crippen molar-refractivity contribution in [2.75, 3.05) is 27.7 Å². The van der Waals surface area contributed by atoms with Crippen molar-refractivity contribution in [1.29, 1.82) is 0 Å². The summed E-state index contributed by atoms with van der Waals surface area (Å²) in [5.74, 6) is 0.701. The van der Waals surface area contributed by atoms with E-state index >= 15 is 0 Å². The molecular formula is C12H21N3O. The maximum Gasteiger partial charge on any atom is 0.217 e. The van der Waals surface area contributed by atoms with Gasteiger partial charge in [-0.15, -0.1) is 0 Å². The van der Waals surface area contributed by atoms with Gasteiger partial charge in [0.1, 0.15) is 0 Å². The first-order valence-electron chi connectivity index (χ1n) is 5.49. The molecule has 0 spiro atoms.